The normalized spacial score (nSPS) is 11.3. The van der Waals surface area contributed by atoms with Crippen LogP contribution >= 0.6 is 0 Å². The number of anilines is 1. The van der Waals surface area contributed by atoms with Gasteiger partial charge in [0, 0.05) is 26.2 Å². The highest BCUT2D eigenvalue weighted by molar-refractivity contribution is 6.08. The summed E-state index contributed by atoms with van der Waals surface area (Å²) in [4.78, 5) is 23.5. The Morgan fingerprint density at radius 1 is 1.35 bits per heavy atom. The van der Waals surface area contributed by atoms with E-state index in [0.717, 1.165) is 11.0 Å². The SMILES string of the molecule is CN(C(=O)c1ccc(C(F)(F)F)cc1[N+](=O)[O-])c1ccnn1C. The van der Waals surface area contributed by atoms with Gasteiger partial charge in [-0.2, -0.15) is 18.3 Å². The molecule has 10 heteroatoms. The van der Waals surface area contributed by atoms with Gasteiger partial charge in [0.05, 0.1) is 16.7 Å². The second-order valence-corrected chi connectivity index (χ2v) is 4.66. The minimum atomic E-state index is -4.74. The van der Waals surface area contributed by atoms with Crippen LogP contribution in [0.15, 0.2) is 30.5 Å². The Balaban J connectivity index is 2.48. The molecule has 0 saturated heterocycles. The van der Waals surface area contributed by atoms with Crippen molar-refractivity contribution in [2.24, 2.45) is 7.05 Å². The highest BCUT2D eigenvalue weighted by atomic mass is 19.4. The van der Waals surface area contributed by atoms with E-state index in [4.69, 9.17) is 0 Å². The number of hydrogen-bond donors (Lipinski definition) is 0. The van der Waals surface area contributed by atoms with E-state index in [1.165, 1.54) is 24.0 Å². The van der Waals surface area contributed by atoms with Gasteiger partial charge in [0.15, 0.2) is 0 Å². The van der Waals surface area contributed by atoms with Crippen molar-refractivity contribution in [2.75, 3.05) is 11.9 Å². The summed E-state index contributed by atoms with van der Waals surface area (Å²) in [6.07, 6.45) is -3.32. The number of nitrogens with zero attached hydrogens (tertiary/aromatic N) is 4. The first-order valence-electron chi connectivity index (χ1n) is 6.24. The summed E-state index contributed by atoms with van der Waals surface area (Å²) in [5.74, 6) is -0.474. The predicted octanol–water partition coefficient (Wildman–Crippen LogP) is 2.62. The maximum atomic E-state index is 12.7. The minimum Gasteiger partial charge on any atom is -0.296 e. The summed E-state index contributed by atoms with van der Waals surface area (Å²) in [5, 5.41) is 14.9. The number of carbonyl (C=O) groups is 1. The van der Waals surface area contributed by atoms with Gasteiger partial charge < -0.3 is 0 Å². The molecule has 0 aliphatic heterocycles. The van der Waals surface area contributed by atoms with E-state index in [-0.39, 0.29) is 0 Å². The van der Waals surface area contributed by atoms with Crippen LogP contribution in [0.3, 0.4) is 0 Å². The van der Waals surface area contributed by atoms with Crippen molar-refractivity contribution in [1.29, 1.82) is 0 Å². The molecule has 0 unspecified atom stereocenters. The Bertz CT molecular complexity index is 770. The van der Waals surface area contributed by atoms with E-state index in [1.54, 1.807) is 7.05 Å². The molecule has 0 bridgehead atoms. The first-order chi connectivity index (χ1) is 10.6. The number of halogens is 3. The van der Waals surface area contributed by atoms with E-state index in [9.17, 15) is 28.1 Å². The molecule has 1 aromatic carbocycles. The second-order valence-electron chi connectivity index (χ2n) is 4.66. The number of aromatic nitrogens is 2. The summed E-state index contributed by atoms with van der Waals surface area (Å²) >= 11 is 0. The second kappa shape index (κ2) is 5.71. The standard InChI is InChI=1S/C13H11F3N4O3/c1-18(11-5-6-17-19(11)2)12(21)9-4-3-8(13(14,15)16)7-10(9)20(22)23/h3-7H,1-2H3. The highest BCUT2D eigenvalue weighted by Gasteiger charge is 2.34. The molecule has 0 N–H and O–H groups in total. The van der Waals surface area contributed by atoms with Crippen LogP contribution in [0, 0.1) is 10.1 Å². The molecule has 122 valence electrons. The van der Waals surface area contributed by atoms with E-state index < -0.39 is 33.8 Å². The molecule has 1 heterocycles. The maximum absolute atomic E-state index is 12.7. The Morgan fingerprint density at radius 2 is 2.00 bits per heavy atom. The van der Waals surface area contributed by atoms with Gasteiger partial charge in [0.2, 0.25) is 0 Å². The molecule has 0 radical (unpaired) electrons. The van der Waals surface area contributed by atoms with Crippen LogP contribution in [-0.4, -0.2) is 27.7 Å². The number of aryl methyl sites for hydroxylation is 1. The smallest absolute Gasteiger partial charge is 0.296 e. The van der Waals surface area contributed by atoms with Gasteiger partial charge in [0.1, 0.15) is 11.4 Å². The third kappa shape index (κ3) is 3.15. The monoisotopic (exact) mass is 328 g/mol. The van der Waals surface area contributed by atoms with E-state index in [0.29, 0.717) is 18.0 Å². The van der Waals surface area contributed by atoms with Crippen LogP contribution in [0.2, 0.25) is 0 Å². The average molecular weight is 328 g/mol. The summed E-state index contributed by atoms with van der Waals surface area (Å²) in [6, 6.07) is 3.28. The summed E-state index contributed by atoms with van der Waals surface area (Å²) < 4.78 is 39.4. The molecular weight excluding hydrogens is 317 g/mol. The number of nitro benzene ring substituents is 1. The lowest BCUT2D eigenvalue weighted by molar-refractivity contribution is -0.385. The molecule has 1 aromatic heterocycles. The lowest BCUT2D eigenvalue weighted by Crippen LogP contribution is -2.29. The van der Waals surface area contributed by atoms with Crippen molar-refractivity contribution in [1.82, 2.24) is 9.78 Å². The molecular formula is C13H11F3N4O3. The summed E-state index contributed by atoms with van der Waals surface area (Å²) in [5.41, 5.74) is -2.53. The topological polar surface area (TPSA) is 81.3 Å². The largest absolute Gasteiger partial charge is 0.416 e. The predicted molar refractivity (Wildman–Crippen MR) is 74.0 cm³/mol. The number of hydrogen-bond acceptors (Lipinski definition) is 4. The minimum absolute atomic E-state index is 0.337. The van der Waals surface area contributed by atoms with Gasteiger partial charge in [-0.25, -0.2) is 0 Å². The molecule has 0 saturated carbocycles. The van der Waals surface area contributed by atoms with E-state index in [2.05, 4.69) is 5.10 Å². The fourth-order valence-electron chi connectivity index (χ4n) is 2.02. The zero-order chi connectivity index (χ0) is 17.4. The van der Waals surface area contributed by atoms with Crippen LogP contribution in [-0.2, 0) is 13.2 Å². The third-order valence-corrected chi connectivity index (χ3v) is 3.20. The number of amides is 1. The van der Waals surface area contributed by atoms with Crippen LogP contribution in [0.25, 0.3) is 0 Å². The van der Waals surface area contributed by atoms with Crippen LogP contribution in [0.5, 0.6) is 0 Å². The zero-order valence-electron chi connectivity index (χ0n) is 12.0. The van der Waals surface area contributed by atoms with E-state index >= 15 is 0 Å². The van der Waals surface area contributed by atoms with Gasteiger partial charge in [-0.05, 0) is 12.1 Å². The molecule has 23 heavy (non-hydrogen) atoms. The van der Waals surface area contributed by atoms with Crippen molar-refractivity contribution in [3.63, 3.8) is 0 Å². The maximum Gasteiger partial charge on any atom is 0.416 e. The first-order valence-corrected chi connectivity index (χ1v) is 6.24. The average Bonchev–Trinajstić information content (AvgIpc) is 2.90. The number of nitro groups is 1. The lowest BCUT2D eigenvalue weighted by atomic mass is 10.1. The Morgan fingerprint density at radius 3 is 2.48 bits per heavy atom. The lowest BCUT2D eigenvalue weighted by Gasteiger charge is -2.17. The fraction of sp³-hybridized carbons (Fsp3) is 0.231. The molecule has 2 rings (SSSR count). The van der Waals surface area contributed by atoms with Gasteiger partial charge in [-0.1, -0.05) is 0 Å². The summed E-state index contributed by atoms with van der Waals surface area (Å²) in [6.45, 7) is 0. The summed E-state index contributed by atoms with van der Waals surface area (Å²) in [7, 11) is 2.90. The fourth-order valence-corrected chi connectivity index (χ4v) is 2.02. The Kier molecular flexibility index (Phi) is 4.08. The number of carbonyl (C=O) groups excluding carboxylic acids is 1. The Hall–Kier alpha value is -2.91. The molecule has 0 fully saturated rings. The molecule has 0 spiro atoms. The van der Waals surface area contributed by atoms with Crippen molar-refractivity contribution in [2.45, 2.75) is 6.18 Å². The number of benzene rings is 1. The first kappa shape index (κ1) is 16.5. The van der Waals surface area contributed by atoms with Gasteiger partial charge >= 0.3 is 6.18 Å². The Labute approximate surface area is 128 Å². The van der Waals surface area contributed by atoms with Crippen LogP contribution in [0.4, 0.5) is 24.7 Å². The molecule has 7 nitrogen and oxygen atoms in total. The molecule has 0 atom stereocenters. The number of alkyl halides is 3. The van der Waals surface area contributed by atoms with E-state index in [1.807, 2.05) is 0 Å². The molecule has 0 aliphatic rings. The van der Waals surface area contributed by atoms with Gasteiger partial charge in [-0.3, -0.25) is 24.5 Å². The zero-order valence-corrected chi connectivity index (χ0v) is 12.0. The van der Waals surface area contributed by atoms with Crippen molar-refractivity contribution in [3.8, 4) is 0 Å². The van der Waals surface area contributed by atoms with Crippen molar-refractivity contribution >= 4 is 17.4 Å². The molecule has 0 aliphatic carbocycles. The number of rotatable bonds is 3. The third-order valence-electron chi connectivity index (χ3n) is 3.20. The quantitative estimate of drug-likeness (QED) is 0.641. The van der Waals surface area contributed by atoms with Crippen LogP contribution < -0.4 is 4.90 Å². The van der Waals surface area contributed by atoms with Crippen LogP contribution in [0.1, 0.15) is 15.9 Å². The molecule has 2 aromatic rings. The van der Waals surface area contributed by atoms with Crippen molar-refractivity contribution < 1.29 is 22.9 Å². The van der Waals surface area contributed by atoms with Gasteiger partial charge in [0.25, 0.3) is 11.6 Å². The van der Waals surface area contributed by atoms with Gasteiger partial charge in [-0.15, -0.1) is 0 Å². The molecule has 1 amide bonds. The highest BCUT2D eigenvalue weighted by Crippen LogP contribution is 2.33. The van der Waals surface area contributed by atoms with Crippen molar-refractivity contribution in [3.05, 3.63) is 51.7 Å².